The molecule has 3 rings (SSSR count). The number of amides is 3. The highest BCUT2D eigenvalue weighted by Gasteiger charge is 2.33. The molecule has 0 saturated heterocycles. The number of halogens is 4. The Hall–Kier alpha value is -3.61. The van der Waals surface area contributed by atoms with E-state index in [0.29, 0.717) is 11.4 Å². The number of benzene rings is 1. The lowest BCUT2D eigenvalue weighted by Gasteiger charge is -2.30. The molecular weight excluding hydrogens is 452 g/mol. The van der Waals surface area contributed by atoms with E-state index >= 15 is 0 Å². The lowest BCUT2D eigenvalue weighted by atomic mass is 10.1. The number of ether oxygens (including phenoxy) is 3. The number of carbonyl (C=O) groups excluding carboxylic acids is 2. The summed E-state index contributed by atoms with van der Waals surface area (Å²) in [5.41, 5.74) is 0.852. The number of hydrogen-bond donors (Lipinski definition) is 2. The minimum atomic E-state index is -5.06. The first-order valence-electron chi connectivity index (χ1n) is 9.50. The molecule has 1 aliphatic rings. The number of urea groups is 1. The minimum absolute atomic E-state index is 0.123. The quantitative estimate of drug-likeness (QED) is 0.626. The molecule has 1 atom stereocenters. The van der Waals surface area contributed by atoms with Gasteiger partial charge in [-0.3, -0.25) is 9.69 Å². The summed E-state index contributed by atoms with van der Waals surface area (Å²) in [7, 11) is 2.77. The maximum Gasteiger partial charge on any atom is 0.573 e. The Balaban J connectivity index is 1.86. The Bertz CT molecular complexity index is 1060. The molecule has 1 aliphatic heterocycles. The van der Waals surface area contributed by atoms with Crippen LogP contribution in [0.4, 0.5) is 33.9 Å². The molecule has 2 aromatic rings. The third-order valence-electron chi connectivity index (χ3n) is 4.66. The maximum atomic E-state index is 14.2. The molecular formula is C20H20F4N4O5. The molecule has 13 heteroatoms. The van der Waals surface area contributed by atoms with E-state index in [2.05, 4.69) is 20.4 Å². The van der Waals surface area contributed by atoms with E-state index in [1.165, 1.54) is 20.3 Å². The average molecular weight is 472 g/mol. The smallest absolute Gasteiger partial charge is 0.495 e. The number of methoxy groups -OCH3 is 2. The Labute approximate surface area is 185 Å². The van der Waals surface area contributed by atoms with E-state index < -0.39 is 35.9 Å². The number of hydrogen-bond acceptors (Lipinski definition) is 6. The van der Waals surface area contributed by atoms with Crippen LogP contribution in [0.15, 0.2) is 24.3 Å². The minimum Gasteiger partial charge on any atom is -0.495 e. The summed E-state index contributed by atoms with van der Waals surface area (Å²) >= 11 is 0. The van der Waals surface area contributed by atoms with Gasteiger partial charge in [0.05, 0.1) is 31.1 Å². The topological polar surface area (TPSA) is 102 Å². The van der Waals surface area contributed by atoms with Gasteiger partial charge in [0.15, 0.2) is 17.4 Å². The van der Waals surface area contributed by atoms with Crippen molar-refractivity contribution in [2.75, 3.05) is 37.6 Å². The van der Waals surface area contributed by atoms with Gasteiger partial charge in [-0.05, 0) is 24.6 Å². The molecule has 1 aromatic carbocycles. The molecule has 0 aliphatic carbocycles. The van der Waals surface area contributed by atoms with E-state index in [-0.39, 0.29) is 30.2 Å². The van der Waals surface area contributed by atoms with Crippen LogP contribution in [0.2, 0.25) is 0 Å². The number of alkyl halides is 3. The van der Waals surface area contributed by atoms with Crippen LogP contribution in [-0.2, 0) is 9.53 Å². The van der Waals surface area contributed by atoms with Crippen molar-refractivity contribution in [1.82, 2.24) is 10.3 Å². The first kappa shape index (κ1) is 24.0. The molecule has 9 nitrogen and oxygen atoms in total. The molecule has 3 amide bonds. The zero-order valence-electron chi connectivity index (χ0n) is 17.7. The highest BCUT2D eigenvalue weighted by Crippen LogP contribution is 2.33. The van der Waals surface area contributed by atoms with Gasteiger partial charge >= 0.3 is 12.4 Å². The van der Waals surface area contributed by atoms with Crippen molar-refractivity contribution in [3.8, 4) is 11.5 Å². The monoisotopic (exact) mass is 472 g/mol. The molecule has 0 saturated carbocycles. The third kappa shape index (κ3) is 5.61. The van der Waals surface area contributed by atoms with E-state index in [9.17, 15) is 27.2 Å². The van der Waals surface area contributed by atoms with Crippen molar-refractivity contribution < 1.29 is 41.4 Å². The second-order valence-corrected chi connectivity index (χ2v) is 6.98. The fourth-order valence-electron chi connectivity index (χ4n) is 3.21. The Kier molecular flexibility index (Phi) is 6.91. The molecule has 0 bridgehead atoms. The number of carbonyl (C=O) groups is 2. The molecule has 1 aromatic heterocycles. The maximum absolute atomic E-state index is 14.2. The lowest BCUT2D eigenvalue weighted by Crippen LogP contribution is -2.49. The second-order valence-electron chi connectivity index (χ2n) is 6.98. The standard InChI is InChI=1S/C20H20F4N4O5/c1-10-16(32-3)7-13-18(25-10)28(8-17(29)26-13)19(30)27-14(9-31-2)11-4-5-15(12(21)6-11)33-20(22,23)24/h4-7,14H,8-9H2,1-3H3,(H,26,29)(H,27,30). The van der Waals surface area contributed by atoms with Crippen LogP contribution >= 0.6 is 0 Å². The van der Waals surface area contributed by atoms with Gasteiger partial charge in [0, 0.05) is 13.2 Å². The molecule has 0 fully saturated rings. The summed E-state index contributed by atoms with van der Waals surface area (Å²) in [5.74, 6) is -2.18. The van der Waals surface area contributed by atoms with Crippen molar-refractivity contribution in [3.63, 3.8) is 0 Å². The number of aromatic nitrogens is 1. The van der Waals surface area contributed by atoms with Gasteiger partial charge in [-0.25, -0.2) is 14.2 Å². The second kappa shape index (κ2) is 9.48. The fraction of sp³-hybridized carbons (Fsp3) is 0.350. The predicted octanol–water partition coefficient (Wildman–Crippen LogP) is 3.29. The van der Waals surface area contributed by atoms with Crippen LogP contribution in [0, 0.1) is 12.7 Å². The van der Waals surface area contributed by atoms with E-state index in [1.54, 1.807) is 6.92 Å². The summed E-state index contributed by atoms with van der Waals surface area (Å²) in [6.07, 6.45) is -5.06. The average Bonchev–Trinajstić information content (AvgIpc) is 2.73. The number of rotatable bonds is 6. The van der Waals surface area contributed by atoms with Gasteiger partial charge in [-0.2, -0.15) is 0 Å². The van der Waals surface area contributed by atoms with Gasteiger partial charge in [0.25, 0.3) is 0 Å². The zero-order chi connectivity index (χ0) is 24.3. The van der Waals surface area contributed by atoms with Gasteiger partial charge < -0.3 is 24.8 Å². The highest BCUT2D eigenvalue weighted by molar-refractivity contribution is 6.08. The van der Waals surface area contributed by atoms with Crippen molar-refractivity contribution >= 4 is 23.4 Å². The number of pyridine rings is 1. The summed E-state index contributed by atoms with van der Waals surface area (Å²) < 4.78 is 65.2. The van der Waals surface area contributed by atoms with E-state index in [0.717, 1.165) is 23.1 Å². The van der Waals surface area contributed by atoms with Crippen LogP contribution in [-0.4, -0.2) is 50.7 Å². The zero-order valence-corrected chi connectivity index (χ0v) is 17.7. The third-order valence-corrected chi connectivity index (χ3v) is 4.66. The van der Waals surface area contributed by atoms with Gasteiger partial charge in [-0.1, -0.05) is 6.07 Å². The summed E-state index contributed by atoms with van der Waals surface area (Å²) in [6, 6.07) is 2.59. The summed E-state index contributed by atoms with van der Waals surface area (Å²) in [4.78, 5) is 30.5. The van der Waals surface area contributed by atoms with Crippen molar-refractivity contribution in [2.24, 2.45) is 0 Å². The van der Waals surface area contributed by atoms with Gasteiger partial charge in [0.2, 0.25) is 5.91 Å². The van der Waals surface area contributed by atoms with E-state index in [1.807, 2.05) is 0 Å². The number of fused-ring (bicyclic) bond motifs is 1. The van der Waals surface area contributed by atoms with Crippen molar-refractivity contribution in [2.45, 2.75) is 19.3 Å². The highest BCUT2D eigenvalue weighted by atomic mass is 19.4. The lowest BCUT2D eigenvalue weighted by molar-refractivity contribution is -0.275. The van der Waals surface area contributed by atoms with E-state index in [4.69, 9.17) is 9.47 Å². The normalized spacial score (nSPS) is 14.3. The number of nitrogens with one attached hydrogen (secondary N) is 2. The van der Waals surface area contributed by atoms with Crippen LogP contribution in [0.1, 0.15) is 17.3 Å². The molecule has 33 heavy (non-hydrogen) atoms. The molecule has 2 heterocycles. The Morgan fingerprint density at radius 2 is 2.00 bits per heavy atom. The fourth-order valence-corrected chi connectivity index (χ4v) is 3.21. The number of nitrogens with zero attached hydrogens (tertiary/aromatic N) is 2. The predicted molar refractivity (Wildman–Crippen MR) is 108 cm³/mol. The van der Waals surface area contributed by atoms with Crippen LogP contribution in [0.5, 0.6) is 11.5 Å². The molecule has 0 spiro atoms. The number of aryl methyl sites for hydroxylation is 1. The Morgan fingerprint density at radius 1 is 1.27 bits per heavy atom. The SMILES string of the molecule is COCC(NC(=O)N1CC(=O)Nc2cc(OC)c(C)nc21)c1ccc(OC(F)(F)F)c(F)c1. The first-order valence-corrected chi connectivity index (χ1v) is 9.50. The summed E-state index contributed by atoms with van der Waals surface area (Å²) in [6.45, 7) is 1.18. The van der Waals surface area contributed by atoms with Crippen molar-refractivity contribution in [3.05, 3.63) is 41.3 Å². The van der Waals surface area contributed by atoms with Crippen LogP contribution in [0.3, 0.4) is 0 Å². The molecule has 178 valence electrons. The van der Waals surface area contributed by atoms with Gasteiger partial charge in [-0.15, -0.1) is 13.2 Å². The van der Waals surface area contributed by atoms with Gasteiger partial charge in [0.1, 0.15) is 12.3 Å². The summed E-state index contributed by atoms with van der Waals surface area (Å²) in [5, 5.41) is 5.20. The largest absolute Gasteiger partial charge is 0.573 e. The Morgan fingerprint density at radius 3 is 2.61 bits per heavy atom. The molecule has 0 radical (unpaired) electrons. The van der Waals surface area contributed by atoms with Crippen LogP contribution < -0.4 is 25.0 Å². The van der Waals surface area contributed by atoms with Crippen LogP contribution in [0.25, 0.3) is 0 Å². The van der Waals surface area contributed by atoms with Crippen molar-refractivity contribution in [1.29, 1.82) is 0 Å². The number of anilines is 2. The molecule has 1 unspecified atom stereocenters. The molecule has 2 N–H and O–H groups in total. The first-order chi connectivity index (χ1) is 15.5.